The van der Waals surface area contributed by atoms with Gasteiger partial charge in [-0.1, -0.05) is 22.9 Å². The number of morpholine rings is 1. The van der Waals surface area contributed by atoms with Gasteiger partial charge in [0.2, 0.25) is 0 Å². The van der Waals surface area contributed by atoms with Gasteiger partial charge in [-0.15, -0.1) is 0 Å². The van der Waals surface area contributed by atoms with E-state index in [1.807, 2.05) is 18.2 Å². The number of benzene rings is 1. The standard InChI is InChI=1S/C17H15ClN4O2S/c18-11-3-4-19-14(9-11)16(23)20-12-1-2-13-15(10-12)25-17(21-13)22-5-7-24-8-6-22/h1-4,9-10H,5-8H2,(H,20,23). The Morgan fingerprint density at radius 1 is 1.24 bits per heavy atom. The summed E-state index contributed by atoms with van der Waals surface area (Å²) in [4.78, 5) is 23.2. The first-order valence-corrected chi connectivity index (χ1v) is 9.05. The molecule has 4 rings (SSSR count). The van der Waals surface area contributed by atoms with E-state index in [0.29, 0.717) is 10.7 Å². The molecule has 1 saturated heterocycles. The van der Waals surface area contributed by atoms with Gasteiger partial charge < -0.3 is 15.0 Å². The largest absolute Gasteiger partial charge is 0.378 e. The van der Waals surface area contributed by atoms with Crippen molar-refractivity contribution in [1.29, 1.82) is 0 Å². The number of hydrogen-bond donors (Lipinski definition) is 1. The molecule has 8 heteroatoms. The van der Waals surface area contributed by atoms with E-state index in [0.717, 1.165) is 41.7 Å². The second-order valence-corrected chi connectivity index (χ2v) is 7.04. The number of halogens is 1. The molecule has 1 fully saturated rings. The van der Waals surface area contributed by atoms with Gasteiger partial charge in [-0.2, -0.15) is 0 Å². The van der Waals surface area contributed by atoms with Crippen LogP contribution < -0.4 is 10.2 Å². The molecular weight excluding hydrogens is 360 g/mol. The van der Waals surface area contributed by atoms with E-state index in [-0.39, 0.29) is 11.6 Å². The minimum absolute atomic E-state index is 0.283. The third-order valence-electron chi connectivity index (χ3n) is 3.87. The number of ether oxygens (including phenoxy) is 1. The SMILES string of the molecule is O=C(Nc1ccc2nc(N3CCOCC3)sc2c1)c1cc(Cl)ccn1. The maximum absolute atomic E-state index is 12.3. The van der Waals surface area contributed by atoms with Gasteiger partial charge in [-0.25, -0.2) is 4.98 Å². The van der Waals surface area contributed by atoms with Crippen LogP contribution in [-0.4, -0.2) is 42.2 Å². The summed E-state index contributed by atoms with van der Waals surface area (Å²) >= 11 is 7.52. The number of aromatic nitrogens is 2. The Hall–Kier alpha value is -2.22. The van der Waals surface area contributed by atoms with Crippen LogP contribution in [0.5, 0.6) is 0 Å². The summed E-state index contributed by atoms with van der Waals surface area (Å²) in [6, 6.07) is 8.86. The topological polar surface area (TPSA) is 67.4 Å². The van der Waals surface area contributed by atoms with E-state index < -0.39 is 0 Å². The predicted octanol–water partition coefficient (Wildman–Crippen LogP) is 3.43. The Kier molecular flexibility index (Phi) is 4.52. The van der Waals surface area contributed by atoms with Crippen LogP contribution in [0, 0.1) is 0 Å². The number of amides is 1. The maximum Gasteiger partial charge on any atom is 0.274 e. The minimum atomic E-state index is -0.292. The van der Waals surface area contributed by atoms with Crippen molar-refractivity contribution in [2.45, 2.75) is 0 Å². The average Bonchev–Trinajstić information content (AvgIpc) is 3.06. The van der Waals surface area contributed by atoms with Crippen LogP contribution in [-0.2, 0) is 4.74 Å². The number of pyridine rings is 1. The first-order valence-electron chi connectivity index (χ1n) is 7.85. The lowest BCUT2D eigenvalue weighted by atomic mass is 10.2. The second kappa shape index (κ2) is 6.95. The molecule has 3 aromatic rings. The highest BCUT2D eigenvalue weighted by Gasteiger charge is 2.16. The molecule has 1 aliphatic rings. The fourth-order valence-electron chi connectivity index (χ4n) is 2.60. The lowest BCUT2D eigenvalue weighted by Gasteiger charge is -2.25. The van der Waals surface area contributed by atoms with Gasteiger partial charge in [0.15, 0.2) is 5.13 Å². The molecular formula is C17H15ClN4O2S. The number of nitrogens with one attached hydrogen (secondary N) is 1. The molecule has 25 heavy (non-hydrogen) atoms. The molecule has 1 aliphatic heterocycles. The van der Waals surface area contributed by atoms with Gasteiger partial charge >= 0.3 is 0 Å². The van der Waals surface area contributed by atoms with Gasteiger partial charge in [0.25, 0.3) is 5.91 Å². The van der Waals surface area contributed by atoms with Crippen molar-refractivity contribution in [2.75, 3.05) is 36.5 Å². The Morgan fingerprint density at radius 2 is 2.08 bits per heavy atom. The van der Waals surface area contributed by atoms with Crippen molar-refractivity contribution in [3.05, 3.63) is 47.2 Å². The number of nitrogens with zero attached hydrogens (tertiary/aromatic N) is 3. The van der Waals surface area contributed by atoms with Gasteiger partial charge in [-0.3, -0.25) is 9.78 Å². The van der Waals surface area contributed by atoms with Crippen molar-refractivity contribution < 1.29 is 9.53 Å². The van der Waals surface area contributed by atoms with E-state index in [1.54, 1.807) is 23.5 Å². The summed E-state index contributed by atoms with van der Waals surface area (Å²) in [5, 5.41) is 4.32. The fourth-order valence-corrected chi connectivity index (χ4v) is 3.82. The third-order valence-corrected chi connectivity index (χ3v) is 5.19. The van der Waals surface area contributed by atoms with Crippen LogP contribution in [0.4, 0.5) is 10.8 Å². The Labute approximate surface area is 153 Å². The van der Waals surface area contributed by atoms with Crippen LogP contribution >= 0.6 is 22.9 Å². The van der Waals surface area contributed by atoms with Crippen LogP contribution in [0.15, 0.2) is 36.5 Å². The Morgan fingerprint density at radius 3 is 2.88 bits per heavy atom. The first kappa shape index (κ1) is 16.3. The lowest BCUT2D eigenvalue weighted by Crippen LogP contribution is -2.36. The van der Waals surface area contributed by atoms with Crippen molar-refractivity contribution in [2.24, 2.45) is 0 Å². The smallest absolute Gasteiger partial charge is 0.274 e. The van der Waals surface area contributed by atoms with Gasteiger partial charge in [0.05, 0.1) is 23.4 Å². The van der Waals surface area contributed by atoms with Crippen LogP contribution in [0.2, 0.25) is 5.02 Å². The maximum atomic E-state index is 12.3. The monoisotopic (exact) mass is 374 g/mol. The molecule has 128 valence electrons. The van der Waals surface area contributed by atoms with Crippen molar-refractivity contribution in [3.8, 4) is 0 Å². The van der Waals surface area contributed by atoms with E-state index in [2.05, 4.69) is 20.2 Å². The summed E-state index contributed by atoms with van der Waals surface area (Å²) in [6.07, 6.45) is 1.51. The summed E-state index contributed by atoms with van der Waals surface area (Å²) in [6.45, 7) is 3.15. The summed E-state index contributed by atoms with van der Waals surface area (Å²) in [5.74, 6) is -0.292. The summed E-state index contributed by atoms with van der Waals surface area (Å²) < 4.78 is 6.41. The minimum Gasteiger partial charge on any atom is -0.378 e. The van der Waals surface area contributed by atoms with Gasteiger partial charge in [0.1, 0.15) is 5.69 Å². The Balaban J connectivity index is 1.55. The van der Waals surface area contributed by atoms with Crippen molar-refractivity contribution >= 4 is 49.9 Å². The zero-order valence-electron chi connectivity index (χ0n) is 13.2. The second-order valence-electron chi connectivity index (χ2n) is 5.59. The molecule has 1 N–H and O–H groups in total. The van der Waals surface area contributed by atoms with Gasteiger partial charge in [0, 0.05) is 30.0 Å². The number of hydrogen-bond acceptors (Lipinski definition) is 6. The highest BCUT2D eigenvalue weighted by atomic mass is 35.5. The van der Waals surface area contributed by atoms with Crippen LogP contribution in [0.3, 0.4) is 0 Å². The molecule has 0 spiro atoms. The highest BCUT2D eigenvalue weighted by molar-refractivity contribution is 7.22. The fraction of sp³-hybridized carbons (Fsp3) is 0.235. The molecule has 6 nitrogen and oxygen atoms in total. The molecule has 0 bridgehead atoms. The molecule has 0 unspecified atom stereocenters. The molecule has 1 amide bonds. The number of carbonyl (C=O) groups excluding carboxylic acids is 1. The molecule has 0 atom stereocenters. The zero-order chi connectivity index (χ0) is 17.2. The quantitative estimate of drug-likeness (QED) is 0.760. The number of rotatable bonds is 3. The van der Waals surface area contributed by atoms with Crippen LogP contribution in [0.1, 0.15) is 10.5 Å². The number of fused-ring (bicyclic) bond motifs is 1. The van der Waals surface area contributed by atoms with Crippen molar-refractivity contribution in [1.82, 2.24) is 9.97 Å². The lowest BCUT2D eigenvalue weighted by molar-refractivity contribution is 0.102. The van der Waals surface area contributed by atoms with Gasteiger partial charge in [-0.05, 0) is 30.3 Å². The van der Waals surface area contributed by atoms with Crippen LogP contribution in [0.25, 0.3) is 10.2 Å². The summed E-state index contributed by atoms with van der Waals surface area (Å²) in [5.41, 5.74) is 1.91. The highest BCUT2D eigenvalue weighted by Crippen LogP contribution is 2.31. The third kappa shape index (κ3) is 3.58. The van der Waals surface area contributed by atoms with E-state index >= 15 is 0 Å². The van der Waals surface area contributed by atoms with E-state index in [4.69, 9.17) is 16.3 Å². The number of carbonyl (C=O) groups is 1. The average molecular weight is 375 g/mol. The molecule has 2 aromatic heterocycles. The normalized spacial score (nSPS) is 14.7. The first-order chi connectivity index (χ1) is 12.2. The molecule has 3 heterocycles. The van der Waals surface area contributed by atoms with E-state index in [9.17, 15) is 4.79 Å². The molecule has 0 saturated carbocycles. The Bertz CT molecular complexity index is 924. The molecule has 1 aromatic carbocycles. The van der Waals surface area contributed by atoms with Crippen molar-refractivity contribution in [3.63, 3.8) is 0 Å². The predicted molar refractivity (Wildman–Crippen MR) is 99.9 cm³/mol. The molecule has 0 radical (unpaired) electrons. The molecule has 0 aliphatic carbocycles. The number of thiazole rings is 1. The zero-order valence-corrected chi connectivity index (χ0v) is 14.8. The number of anilines is 2. The summed E-state index contributed by atoms with van der Waals surface area (Å²) in [7, 11) is 0. The van der Waals surface area contributed by atoms with E-state index in [1.165, 1.54) is 6.20 Å².